The van der Waals surface area contributed by atoms with Crippen molar-refractivity contribution in [3.8, 4) is 17.2 Å². The molecule has 0 aromatic heterocycles. The first kappa shape index (κ1) is 22.8. The topological polar surface area (TPSA) is 142 Å². The monoisotopic (exact) mass is 470 g/mol. The smallest absolute Gasteiger partial charge is 0.394 e. The molecule has 0 aliphatic carbocycles. The number of phenolic OH excluding ortho intramolecular Hbond substituents is 1. The Hall–Kier alpha value is -2.86. The first-order chi connectivity index (χ1) is 14.6. The molecular weight excluding hydrogens is 452 g/mol. The lowest BCUT2D eigenvalue weighted by molar-refractivity contribution is -0.147. The summed E-state index contributed by atoms with van der Waals surface area (Å²) >= 11 is 6.22. The molecule has 10 nitrogen and oxygen atoms in total. The lowest BCUT2D eigenvalue weighted by Crippen LogP contribution is -2.40. The van der Waals surface area contributed by atoms with Crippen molar-refractivity contribution in [1.29, 1.82) is 0 Å². The standard InChI is InChI=1S/C19H19ClN2O8S/c1-11-8-12(21-18(24)19(25)26)9-14(20)17(11)30-13-2-3-15(23)16(10-13)31(27,28)22-4-6-29-7-5-22/h2-3,8-10,23H,4-7H2,1H3,(H,21,24)(H,25,26). The Morgan fingerprint density at radius 2 is 1.87 bits per heavy atom. The second-order valence-electron chi connectivity index (χ2n) is 6.61. The van der Waals surface area contributed by atoms with E-state index in [-0.39, 0.29) is 53.4 Å². The third kappa shape index (κ3) is 5.07. The first-order valence-electron chi connectivity index (χ1n) is 9.03. The van der Waals surface area contributed by atoms with Gasteiger partial charge in [-0.15, -0.1) is 0 Å². The number of aryl methyl sites for hydroxylation is 1. The fourth-order valence-corrected chi connectivity index (χ4v) is 4.74. The van der Waals surface area contributed by atoms with E-state index in [1.165, 1.54) is 34.6 Å². The number of rotatable bonds is 5. The van der Waals surface area contributed by atoms with Gasteiger partial charge in [-0.2, -0.15) is 4.31 Å². The molecule has 0 saturated carbocycles. The van der Waals surface area contributed by atoms with Crippen LogP contribution in [0.5, 0.6) is 17.2 Å². The third-order valence-corrected chi connectivity index (χ3v) is 6.63. The minimum Gasteiger partial charge on any atom is -0.507 e. The lowest BCUT2D eigenvalue weighted by Gasteiger charge is -2.26. The zero-order valence-electron chi connectivity index (χ0n) is 16.3. The molecule has 0 radical (unpaired) electrons. The van der Waals surface area contributed by atoms with Crippen LogP contribution in [0.4, 0.5) is 5.69 Å². The van der Waals surface area contributed by atoms with Gasteiger partial charge in [-0.25, -0.2) is 13.2 Å². The molecule has 3 rings (SSSR count). The minimum atomic E-state index is -3.97. The highest BCUT2D eigenvalue weighted by atomic mass is 35.5. The number of halogens is 1. The Balaban J connectivity index is 1.89. The Kier molecular flexibility index (Phi) is 6.70. The van der Waals surface area contributed by atoms with Gasteiger partial charge in [0.2, 0.25) is 10.0 Å². The van der Waals surface area contributed by atoms with Crippen molar-refractivity contribution < 1.29 is 37.7 Å². The summed E-state index contributed by atoms with van der Waals surface area (Å²) < 4.78 is 37.9. The number of aliphatic carboxylic acids is 1. The number of benzene rings is 2. The van der Waals surface area contributed by atoms with E-state index >= 15 is 0 Å². The summed E-state index contributed by atoms with van der Waals surface area (Å²) in [5, 5.41) is 21.1. The fourth-order valence-electron chi connectivity index (χ4n) is 2.93. The number of morpholine rings is 1. The number of aromatic hydroxyl groups is 1. The van der Waals surface area contributed by atoms with E-state index in [1.807, 2.05) is 0 Å². The molecule has 1 heterocycles. The van der Waals surface area contributed by atoms with E-state index in [0.29, 0.717) is 5.56 Å². The maximum Gasteiger partial charge on any atom is 0.394 e. The van der Waals surface area contributed by atoms with Crippen LogP contribution in [0.3, 0.4) is 0 Å². The molecule has 0 spiro atoms. The quantitative estimate of drug-likeness (QED) is 0.564. The maximum atomic E-state index is 12.9. The number of nitrogens with zero attached hydrogens (tertiary/aromatic N) is 1. The van der Waals surface area contributed by atoms with Crippen LogP contribution in [-0.2, 0) is 24.3 Å². The van der Waals surface area contributed by atoms with Crippen LogP contribution < -0.4 is 10.1 Å². The van der Waals surface area contributed by atoms with Crippen LogP contribution >= 0.6 is 11.6 Å². The van der Waals surface area contributed by atoms with E-state index < -0.39 is 27.6 Å². The molecule has 2 aromatic carbocycles. The SMILES string of the molecule is Cc1cc(NC(=O)C(=O)O)cc(Cl)c1Oc1ccc(O)c(S(=O)(=O)N2CCOCC2)c1. The first-order valence-corrected chi connectivity index (χ1v) is 10.8. The second kappa shape index (κ2) is 9.10. The van der Waals surface area contributed by atoms with Crippen molar-refractivity contribution in [1.82, 2.24) is 4.31 Å². The average molecular weight is 471 g/mol. The molecule has 1 aliphatic rings. The number of hydrogen-bond donors (Lipinski definition) is 3. The molecule has 1 aliphatic heterocycles. The van der Waals surface area contributed by atoms with Gasteiger partial charge >= 0.3 is 11.9 Å². The number of anilines is 1. The Morgan fingerprint density at radius 3 is 2.48 bits per heavy atom. The number of hydrogen-bond acceptors (Lipinski definition) is 7. The van der Waals surface area contributed by atoms with E-state index in [2.05, 4.69) is 5.32 Å². The predicted octanol–water partition coefficient (Wildman–Crippen LogP) is 2.19. The number of carbonyl (C=O) groups is 2. The Labute approximate surface area is 183 Å². The van der Waals surface area contributed by atoms with Crippen LogP contribution in [0.25, 0.3) is 0 Å². The molecule has 3 N–H and O–H groups in total. The molecule has 31 heavy (non-hydrogen) atoms. The van der Waals surface area contributed by atoms with Crippen molar-refractivity contribution in [2.24, 2.45) is 0 Å². The number of ether oxygens (including phenoxy) is 2. The molecule has 12 heteroatoms. The molecule has 1 saturated heterocycles. The van der Waals surface area contributed by atoms with Gasteiger partial charge in [0.1, 0.15) is 22.1 Å². The zero-order chi connectivity index (χ0) is 22.8. The van der Waals surface area contributed by atoms with Crippen LogP contribution in [-0.4, -0.2) is 61.1 Å². The van der Waals surface area contributed by atoms with E-state index in [9.17, 15) is 23.1 Å². The number of carboxylic acids is 1. The van der Waals surface area contributed by atoms with Gasteiger partial charge in [0.25, 0.3) is 0 Å². The summed E-state index contributed by atoms with van der Waals surface area (Å²) in [6.07, 6.45) is 0. The van der Waals surface area contributed by atoms with Gasteiger partial charge in [0.15, 0.2) is 0 Å². The minimum absolute atomic E-state index is 0.0614. The van der Waals surface area contributed by atoms with Gasteiger partial charge < -0.3 is 25.0 Å². The number of amides is 1. The molecule has 1 amide bonds. The highest BCUT2D eigenvalue weighted by molar-refractivity contribution is 7.89. The van der Waals surface area contributed by atoms with Crippen molar-refractivity contribution in [2.45, 2.75) is 11.8 Å². The van der Waals surface area contributed by atoms with Crippen LogP contribution in [0.1, 0.15) is 5.56 Å². The summed E-state index contributed by atoms with van der Waals surface area (Å²) in [7, 11) is -3.97. The van der Waals surface area contributed by atoms with Crippen LogP contribution in [0.15, 0.2) is 35.2 Å². The third-order valence-electron chi connectivity index (χ3n) is 4.42. The summed E-state index contributed by atoms with van der Waals surface area (Å²) in [5.74, 6) is -3.01. The average Bonchev–Trinajstić information content (AvgIpc) is 2.72. The summed E-state index contributed by atoms with van der Waals surface area (Å²) in [6.45, 7) is 2.47. The maximum absolute atomic E-state index is 12.9. The summed E-state index contributed by atoms with van der Waals surface area (Å²) in [6, 6.07) is 6.53. The predicted molar refractivity (Wildman–Crippen MR) is 110 cm³/mol. The fraction of sp³-hybridized carbons (Fsp3) is 0.263. The Bertz CT molecular complexity index is 1110. The highest BCUT2D eigenvalue weighted by Gasteiger charge is 2.29. The van der Waals surface area contributed by atoms with Gasteiger partial charge in [-0.3, -0.25) is 4.79 Å². The van der Waals surface area contributed by atoms with Gasteiger partial charge in [0.05, 0.1) is 18.2 Å². The lowest BCUT2D eigenvalue weighted by atomic mass is 10.2. The number of carbonyl (C=O) groups excluding carboxylic acids is 1. The number of phenols is 1. The van der Waals surface area contributed by atoms with E-state index in [4.69, 9.17) is 26.2 Å². The number of sulfonamides is 1. The largest absolute Gasteiger partial charge is 0.507 e. The number of nitrogens with one attached hydrogen (secondary N) is 1. The molecule has 0 bridgehead atoms. The highest BCUT2D eigenvalue weighted by Crippen LogP contribution is 2.38. The molecular formula is C19H19ClN2O8S. The van der Waals surface area contributed by atoms with Gasteiger partial charge in [-0.1, -0.05) is 11.6 Å². The van der Waals surface area contributed by atoms with Crippen molar-refractivity contribution in [2.75, 3.05) is 31.6 Å². The Morgan fingerprint density at radius 1 is 1.19 bits per heavy atom. The van der Waals surface area contributed by atoms with Crippen LogP contribution in [0, 0.1) is 6.92 Å². The summed E-state index contributed by atoms with van der Waals surface area (Å²) in [4.78, 5) is 21.7. The molecule has 0 unspecified atom stereocenters. The van der Waals surface area contributed by atoms with Crippen molar-refractivity contribution >= 4 is 39.2 Å². The van der Waals surface area contributed by atoms with Gasteiger partial charge in [-0.05, 0) is 36.8 Å². The molecule has 166 valence electrons. The zero-order valence-corrected chi connectivity index (χ0v) is 17.9. The molecule has 1 fully saturated rings. The molecule has 0 atom stereocenters. The summed E-state index contributed by atoms with van der Waals surface area (Å²) in [5.41, 5.74) is 0.613. The van der Waals surface area contributed by atoms with Gasteiger partial charge in [0, 0.05) is 24.8 Å². The van der Waals surface area contributed by atoms with Crippen molar-refractivity contribution in [3.63, 3.8) is 0 Å². The van der Waals surface area contributed by atoms with Crippen LogP contribution in [0.2, 0.25) is 5.02 Å². The molecule has 2 aromatic rings. The van der Waals surface area contributed by atoms with E-state index in [0.717, 1.165) is 0 Å². The van der Waals surface area contributed by atoms with E-state index in [1.54, 1.807) is 6.92 Å². The van der Waals surface area contributed by atoms with Crippen molar-refractivity contribution in [3.05, 3.63) is 40.9 Å². The normalized spacial score (nSPS) is 14.8. The number of carboxylic acid groups (broad SMARTS) is 1. The second-order valence-corrected chi connectivity index (χ2v) is 8.92.